The van der Waals surface area contributed by atoms with Crippen LogP contribution in [0.15, 0.2) is 48.5 Å². The summed E-state index contributed by atoms with van der Waals surface area (Å²) in [5, 5.41) is 2.95. The molecule has 21 heavy (non-hydrogen) atoms. The maximum absolute atomic E-state index is 13.7. The van der Waals surface area contributed by atoms with Crippen molar-refractivity contribution in [2.75, 3.05) is 18.5 Å². The lowest BCUT2D eigenvalue weighted by atomic mass is 9.96. The first-order valence-corrected chi connectivity index (χ1v) is 7.02. The van der Waals surface area contributed by atoms with Crippen molar-refractivity contribution in [3.63, 3.8) is 0 Å². The standard InChI is InChI=1S/C17H17FN2O/c1-20-11-10-15(13-7-3-5-9-16(13)20)19-17(21)12-6-2-4-8-14(12)18/h2-9,15H,10-11H2,1H3,(H,19,21). The summed E-state index contributed by atoms with van der Waals surface area (Å²) in [6.07, 6.45) is 0.813. The van der Waals surface area contributed by atoms with Gasteiger partial charge in [0, 0.05) is 19.3 Å². The van der Waals surface area contributed by atoms with E-state index in [1.54, 1.807) is 12.1 Å². The Hall–Kier alpha value is -2.36. The Labute approximate surface area is 123 Å². The third kappa shape index (κ3) is 2.61. The molecule has 1 aliphatic heterocycles. The molecule has 3 rings (SSSR count). The second kappa shape index (κ2) is 5.56. The van der Waals surface area contributed by atoms with Crippen molar-refractivity contribution in [3.05, 3.63) is 65.5 Å². The molecule has 0 radical (unpaired) electrons. The van der Waals surface area contributed by atoms with Crippen molar-refractivity contribution < 1.29 is 9.18 Å². The fourth-order valence-electron chi connectivity index (χ4n) is 2.76. The molecule has 0 aliphatic carbocycles. The molecule has 1 amide bonds. The summed E-state index contributed by atoms with van der Waals surface area (Å²) in [4.78, 5) is 14.4. The van der Waals surface area contributed by atoms with Crippen LogP contribution in [0.5, 0.6) is 0 Å². The molecule has 1 atom stereocenters. The van der Waals surface area contributed by atoms with Crippen LogP contribution in [-0.4, -0.2) is 19.5 Å². The zero-order chi connectivity index (χ0) is 14.8. The van der Waals surface area contributed by atoms with Crippen LogP contribution in [0, 0.1) is 5.82 Å². The van der Waals surface area contributed by atoms with E-state index in [1.165, 1.54) is 12.1 Å². The molecule has 1 aliphatic rings. The van der Waals surface area contributed by atoms with E-state index in [4.69, 9.17) is 0 Å². The Morgan fingerprint density at radius 1 is 1.19 bits per heavy atom. The van der Waals surface area contributed by atoms with E-state index in [9.17, 15) is 9.18 Å². The van der Waals surface area contributed by atoms with Crippen molar-refractivity contribution in [3.8, 4) is 0 Å². The van der Waals surface area contributed by atoms with Gasteiger partial charge in [0.2, 0.25) is 0 Å². The minimum Gasteiger partial charge on any atom is -0.374 e. The van der Waals surface area contributed by atoms with Gasteiger partial charge < -0.3 is 10.2 Å². The molecule has 1 unspecified atom stereocenters. The Balaban J connectivity index is 1.85. The van der Waals surface area contributed by atoms with E-state index in [-0.39, 0.29) is 17.5 Å². The Morgan fingerprint density at radius 3 is 2.71 bits per heavy atom. The smallest absolute Gasteiger partial charge is 0.254 e. The van der Waals surface area contributed by atoms with E-state index in [1.807, 2.05) is 31.3 Å². The van der Waals surface area contributed by atoms with Crippen molar-refractivity contribution in [1.82, 2.24) is 5.32 Å². The van der Waals surface area contributed by atoms with Gasteiger partial charge in [-0.15, -0.1) is 0 Å². The first-order valence-electron chi connectivity index (χ1n) is 7.02. The van der Waals surface area contributed by atoms with Gasteiger partial charge in [0.05, 0.1) is 11.6 Å². The molecule has 0 fully saturated rings. The fourth-order valence-corrected chi connectivity index (χ4v) is 2.76. The number of nitrogens with one attached hydrogen (secondary N) is 1. The minimum absolute atomic E-state index is 0.0792. The van der Waals surface area contributed by atoms with Gasteiger partial charge in [-0.25, -0.2) is 4.39 Å². The number of carbonyl (C=O) groups excluding carboxylic acids is 1. The summed E-state index contributed by atoms with van der Waals surface area (Å²) < 4.78 is 13.7. The molecule has 0 saturated carbocycles. The van der Waals surface area contributed by atoms with Crippen molar-refractivity contribution >= 4 is 11.6 Å². The van der Waals surface area contributed by atoms with Crippen LogP contribution in [0.2, 0.25) is 0 Å². The zero-order valence-corrected chi connectivity index (χ0v) is 11.8. The highest BCUT2D eigenvalue weighted by Gasteiger charge is 2.25. The number of nitrogens with zero attached hydrogens (tertiary/aromatic N) is 1. The minimum atomic E-state index is -0.490. The van der Waals surface area contributed by atoms with Crippen LogP contribution in [-0.2, 0) is 0 Å². The molecule has 0 bridgehead atoms. The highest BCUT2D eigenvalue weighted by Crippen LogP contribution is 2.32. The molecule has 0 spiro atoms. The topological polar surface area (TPSA) is 32.3 Å². The number of anilines is 1. The number of carbonyl (C=O) groups is 1. The average Bonchev–Trinajstić information content (AvgIpc) is 2.51. The summed E-state index contributed by atoms with van der Waals surface area (Å²) in [5.41, 5.74) is 2.28. The van der Waals surface area contributed by atoms with E-state index < -0.39 is 5.82 Å². The van der Waals surface area contributed by atoms with Gasteiger partial charge in [0.25, 0.3) is 5.91 Å². The third-order valence-electron chi connectivity index (χ3n) is 3.90. The summed E-state index contributed by atoms with van der Waals surface area (Å²) >= 11 is 0. The van der Waals surface area contributed by atoms with Crippen LogP contribution < -0.4 is 10.2 Å². The molecule has 3 nitrogen and oxygen atoms in total. The van der Waals surface area contributed by atoms with Crippen LogP contribution in [0.1, 0.15) is 28.4 Å². The van der Waals surface area contributed by atoms with Crippen LogP contribution in [0.25, 0.3) is 0 Å². The van der Waals surface area contributed by atoms with Gasteiger partial charge in [0.15, 0.2) is 0 Å². The van der Waals surface area contributed by atoms with Crippen molar-refractivity contribution in [1.29, 1.82) is 0 Å². The van der Waals surface area contributed by atoms with E-state index in [0.717, 1.165) is 24.2 Å². The number of hydrogen-bond acceptors (Lipinski definition) is 2. The predicted octanol–water partition coefficient (Wildman–Crippen LogP) is 3.14. The molecule has 1 N–H and O–H groups in total. The van der Waals surface area contributed by atoms with Crippen LogP contribution >= 0.6 is 0 Å². The first-order chi connectivity index (χ1) is 10.2. The number of halogens is 1. The molecule has 1 heterocycles. The second-order valence-corrected chi connectivity index (χ2v) is 5.27. The zero-order valence-electron chi connectivity index (χ0n) is 11.8. The van der Waals surface area contributed by atoms with Gasteiger partial charge >= 0.3 is 0 Å². The first kappa shape index (κ1) is 13.6. The molecular formula is C17H17FN2O. The normalized spacial score (nSPS) is 17.2. The maximum Gasteiger partial charge on any atom is 0.254 e. The van der Waals surface area contributed by atoms with Crippen LogP contribution in [0.4, 0.5) is 10.1 Å². The van der Waals surface area contributed by atoms with Gasteiger partial charge in [-0.3, -0.25) is 4.79 Å². The molecule has 0 aromatic heterocycles. The molecule has 0 saturated heterocycles. The van der Waals surface area contributed by atoms with Crippen LogP contribution in [0.3, 0.4) is 0 Å². The van der Waals surface area contributed by atoms with Gasteiger partial charge in [-0.2, -0.15) is 0 Å². The van der Waals surface area contributed by atoms with E-state index in [0.29, 0.717) is 0 Å². The van der Waals surface area contributed by atoms with E-state index >= 15 is 0 Å². The third-order valence-corrected chi connectivity index (χ3v) is 3.90. The SMILES string of the molecule is CN1CCC(NC(=O)c2ccccc2F)c2ccccc21. The molecule has 2 aromatic rings. The summed E-state index contributed by atoms with van der Waals surface area (Å²) in [5.74, 6) is -0.853. The second-order valence-electron chi connectivity index (χ2n) is 5.27. The molecule has 4 heteroatoms. The molecule has 108 valence electrons. The lowest BCUT2D eigenvalue weighted by Crippen LogP contribution is -2.36. The number of amides is 1. The Bertz CT molecular complexity index is 671. The lowest BCUT2D eigenvalue weighted by molar-refractivity contribution is 0.0930. The van der Waals surface area contributed by atoms with Gasteiger partial charge in [-0.05, 0) is 30.2 Å². The number of benzene rings is 2. The highest BCUT2D eigenvalue weighted by atomic mass is 19.1. The van der Waals surface area contributed by atoms with E-state index in [2.05, 4.69) is 10.2 Å². The summed E-state index contributed by atoms with van der Waals surface area (Å²) in [6, 6.07) is 14.0. The predicted molar refractivity (Wildman–Crippen MR) is 80.9 cm³/mol. The number of hydrogen-bond donors (Lipinski definition) is 1. The molecular weight excluding hydrogens is 267 g/mol. The lowest BCUT2D eigenvalue weighted by Gasteiger charge is -2.33. The summed E-state index contributed by atoms with van der Waals surface area (Å²) in [6.45, 7) is 0.860. The number of rotatable bonds is 2. The quantitative estimate of drug-likeness (QED) is 0.919. The summed E-state index contributed by atoms with van der Waals surface area (Å²) in [7, 11) is 2.04. The Kier molecular flexibility index (Phi) is 3.60. The largest absolute Gasteiger partial charge is 0.374 e. The maximum atomic E-state index is 13.7. The number of fused-ring (bicyclic) bond motifs is 1. The Morgan fingerprint density at radius 2 is 1.90 bits per heavy atom. The number of para-hydroxylation sites is 1. The average molecular weight is 284 g/mol. The van der Waals surface area contributed by atoms with Gasteiger partial charge in [-0.1, -0.05) is 30.3 Å². The van der Waals surface area contributed by atoms with Crippen molar-refractivity contribution in [2.24, 2.45) is 0 Å². The highest BCUT2D eigenvalue weighted by molar-refractivity contribution is 5.94. The van der Waals surface area contributed by atoms with Gasteiger partial charge in [0.1, 0.15) is 5.82 Å². The van der Waals surface area contributed by atoms with Crippen molar-refractivity contribution in [2.45, 2.75) is 12.5 Å². The molecule has 2 aromatic carbocycles. The monoisotopic (exact) mass is 284 g/mol. The fraction of sp³-hybridized carbons (Fsp3) is 0.235.